The molecule has 1 aliphatic rings. The van der Waals surface area contributed by atoms with E-state index >= 15 is 0 Å². The zero-order chi connectivity index (χ0) is 24.9. The number of benzene rings is 3. The highest BCUT2D eigenvalue weighted by molar-refractivity contribution is 6.02. The molecule has 1 aromatic heterocycles. The zero-order valence-electron chi connectivity index (χ0n) is 19.0. The Labute approximate surface area is 205 Å². The standard InChI is InChI=1S/C24H22N8O4/c33-21-10-5-16-3-1-2-4-19(16)20(21)15-25-30-23-27-22(26-17-6-8-18(9-7-17)32(34)35)28-24(29-23)31-11-13-36-14-12-31/h1-10,15,33H,11-14H2,(H2,26,27,28,29,30)/b25-15+. The van der Waals surface area contributed by atoms with Crippen molar-refractivity contribution in [2.24, 2.45) is 5.10 Å². The number of nitrogens with one attached hydrogen (secondary N) is 2. The lowest BCUT2D eigenvalue weighted by Gasteiger charge is -2.27. The first-order valence-corrected chi connectivity index (χ1v) is 11.2. The van der Waals surface area contributed by atoms with E-state index in [9.17, 15) is 15.2 Å². The van der Waals surface area contributed by atoms with Gasteiger partial charge in [0.15, 0.2) is 0 Å². The van der Waals surface area contributed by atoms with Gasteiger partial charge in [-0.25, -0.2) is 5.43 Å². The fourth-order valence-electron chi connectivity index (χ4n) is 3.75. The molecule has 0 aliphatic carbocycles. The van der Waals surface area contributed by atoms with Gasteiger partial charge >= 0.3 is 0 Å². The maximum Gasteiger partial charge on any atom is 0.269 e. The Morgan fingerprint density at radius 3 is 2.53 bits per heavy atom. The molecule has 3 aromatic carbocycles. The summed E-state index contributed by atoms with van der Waals surface area (Å²) in [5.74, 6) is 0.964. The molecule has 2 heterocycles. The first-order chi connectivity index (χ1) is 17.6. The van der Waals surface area contributed by atoms with Gasteiger partial charge in [0.05, 0.1) is 24.4 Å². The lowest BCUT2D eigenvalue weighted by molar-refractivity contribution is -0.384. The number of hydrazone groups is 1. The molecule has 12 heteroatoms. The molecular formula is C24H22N8O4. The molecule has 12 nitrogen and oxygen atoms in total. The molecule has 4 aromatic rings. The number of hydrogen-bond donors (Lipinski definition) is 3. The molecule has 3 N–H and O–H groups in total. The number of aromatic nitrogens is 3. The number of non-ortho nitro benzene ring substituents is 1. The van der Waals surface area contributed by atoms with E-state index in [0.29, 0.717) is 43.5 Å². The molecule has 1 saturated heterocycles. The summed E-state index contributed by atoms with van der Waals surface area (Å²) < 4.78 is 5.42. The molecule has 0 amide bonds. The van der Waals surface area contributed by atoms with Crippen LogP contribution in [0.5, 0.6) is 5.75 Å². The largest absolute Gasteiger partial charge is 0.507 e. The van der Waals surface area contributed by atoms with Crippen molar-refractivity contribution in [2.45, 2.75) is 0 Å². The van der Waals surface area contributed by atoms with Crippen LogP contribution in [0.4, 0.5) is 29.2 Å². The van der Waals surface area contributed by atoms with Crippen molar-refractivity contribution < 1.29 is 14.8 Å². The third kappa shape index (κ3) is 5.13. The van der Waals surface area contributed by atoms with Crippen LogP contribution in [-0.4, -0.2) is 57.5 Å². The summed E-state index contributed by atoms with van der Waals surface area (Å²) in [6.45, 7) is 2.34. The summed E-state index contributed by atoms with van der Waals surface area (Å²) >= 11 is 0. The van der Waals surface area contributed by atoms with Crippen molar-refractivity contribution in [1.29, 1.82) is 0 Å². The number of anilines is 4. The number of hydrogen-bond acceptors (Lipinski definition) is 11. The number of rotatable bonds is 7. The van der Waals surface area contributed by atoms with Crippen molar-refractivity contribution in [1.82, 2.24) is 15.0 Å². The monoisotopic (exact) mass is 486 g/mol. The maximum absolute atomic E-state index is 10.9. The van der Waals surface area contributed by atoms with Crippen LogP contribution in [-0.2, 0) is 4.74 Å². The van der Waals surface area contributed by atoms with Gasteiger partial charge in [0.1, 0.15) is 5.75 Å². The summed E-state index contributed by atoms with van der Waals surface area (Å²) in [5.41, 5.74) is 3.95. The lowest BCUT2D eigenvalue weighted by atomic mass is 10.0. The predicted octanol–water partition coefficient (Wildman–Crippen LogP) is 3.66. The summed E-state index contributed by atoms with van der Waals surface area (Å²) in [4.78, 5) is 25.8. The molecule has 1 fully saturated rings. The molecule has 1 aliphatic heterocycles. The first-order valence-electron chi connectivity index (χ1n) is 11.2. The molecule has 0 saturated carbocycles. The predicted molar refractivity (Wildman–Crippen MR) is 136 cm³/mol. The average Bonchev–Trinajstić information content (AvgIpc) is 2.90. The van der Waals surface area contributed by atoms with E-state index in [-0.39, 0.29) is 23.3 Å². The number of fused-ring (bicyclic) bond motifs is 1. The minimum absolute atomic E-state index is 0.0152. The lowest BCUT2D eigenvalue weighted by Crippen LogP contribution is -2.37. The molecule has 0 unspecified atom stereocenters. The normalized spacial score (nSPS) is 13.7. The van der Waals surface area contributed by atoms with Crippen LogP contribution in [0.2, 0.25) is 0 Å². The van der Waals surface area contributed by atoms with Gasteiger partial charge in [-0.05, 0) is 29.0 Å². The molecule has 0 bridgehead atoms. The SMILES string of the molecule is O=[N+]([O-])c1ccc(Nc2nc(N/N=C/c3c(O)ccc4ccccc34)nc(N3CCOCC3)n2)cc1. The summed E-state index contributed by atoms with van der Waals surface area (Å²) in [5, 5.41) is 30.4. The Morgan fingerprint density at radius 1 is 1.00 bits per heavy atom. The van der Waals surface area contributed by atoms with E-state index in [0.717, 1.165) is 10.8 Å². The molecular weight excluding hydrogens is 464 g/mol. The Morgan fingerprint density at radius 2 is 1.75 bits per heavy atom. The van der Waals surface area contributed by atoms with Gasteiger partial charge in [0.25, 0.3) is 5.69 Å². The summed E-state index contributed by atoms with van der Waals surface area (Å²) in [6, 6.07) is 17.1. The third-order valence-corrected chi connectivity index (χ3v) is 5.56. The van der Waals surface area contributed by atoms with E-state index < -0.39 is 4.92 Å². The Balaban J connectivity index is 1.42. The molecule has 5 rings (SSSR count). The number of nitro benzene ring substituents is 1. The van der Waals surface area contributed by atoms with Gasteiger partial charge in [-0.3, -0.25) is 10.1 Å². The highest BCUT2D eigenvalue weighted by atomic mass is 16.6. The fraction of sp³-hybridized carbons (Fsp3) is 0.167. The van der Waals surface area contributed by atoms with Crippen LogP contribution in [0.25, 0.3) is 10.8 Å². The van der Waals surface area contributed by atoms with E-state index in [1.807, 2.05) is 35.2 Å². The van der Waals surface area contributed by atoms with Crippen LogP contribution < -0.4 is 15.6 Å². The third-order valence-electron chi connectivity index (χ3n) is 5.56. The Hall–Kier alpha value is -4.84. The summed E-state index contributed by atoms with van der Waals surface area (Å²) in [6.07, 6.45) is 1.51. The van der Waals surface area contributed by atoms with Crippen LogP contribution in [0.3, 0.4) is 0 Å². The molecule has 182 valence electrons. The smallest absolute Gasteiger partial charge is 0.269 e. The number of aromatic hydroxyl groups is 1. The van der Waals surface area contributed by atoms with Crippen LogP contribution in [0.1, 0.15) is 5.56 Å². The summed E-state index contributed by atoms with van der Waals surface area (Å²) in [7, 11) is 0. The maximum atomic E-state index is 10.9. The van der Waals surface area contributed by atoms with E-state index in [2.05, 4.69) is 30.8 Å². The van der Waals surface area contributed by atoms with Crippen LogP contribution in [0, 0.1) is 10.1 Å². The second-order valence-corrected chi connectivity index (χ2v) is 7.90. The topological polar surface area (TPSA) is 151 Å². The highest BCUT2D eigenvalue weighted by Crippen LogP contribution is 2.26. The van der Waals surface area contributed by atoms with Crippen molar-refractivity contribution in [3.8, 4) is 5.75 Å². The highest BCUT2D eigenvalue weighted by Gasteiger charge is 2.17. The zero-order valence-corrected chi connectivity index (χ0v) is 19.0. The average molecular weight is 486 g/mol. The number of phenols is 1. The number of morpholine rings is 1. The minimum Gasteiger partial charge on any atom is -0.507 e. The Bertz CT molecular complexity index is 1420. The van der Waals surface area contributed by atoms with E-state index in [1.54, 1.807) is 18.2 Å². The molecule has 36 heavy (non-hydrogen) atoms. The Kier molecular flexibility index (Phi) is 6.49. The first kappa shape index (κ1) is 22.9. The van der Waals surface area contributed by atoms with Crippen molar-refractivity contribution >= 4 is 46.2 Å². The van der Waals surface area contributed by atoms with Crippen molar-refractivity contribution in [3.05, 3.63) is 76.3 Å². The number of phenolic OH excluding ortho intramolecular Hbond substituents is 1. The van der Waals surface area contributed by atoms with Gasteiger partial charge < -0.3 is 20.1 Å². The minimum atomic E-state index is -0.461. The molecule has 0 spiro atoms. The fourth-order valence-corrected chi connectivity index (χ4v) is 3.75. The van der Waals surface area contributed by atoms with E-state index in [4.69, 9.17) is 4.74 Å². The van der Waals surface area contributed by atoms with E-state index in [1.165, 1.54) is 18.3 Å². The molecule has 0 atom stereocenters. The van der Waals surface area contributed by atoms with Crippen LogP contribution >= 0.6 is 0 Å². The van der Waals surface area contributed by atoms with Crippen LogP contribution in [0.15, 0.2) is 65.8 Å². The quantitative estimate of drug-likeness (QED) is 0.200. The van der Waals surface area contributed by atoms with Gasteiger partial charge in [-0.2, -0.15) is 20.1 Å². The molecule has 0 radical (unpaired) electrons. The van der Waals surface area contributed by atoms with Gasteiger partial charge in [-0.15, -0.1) is 0 Å². The van der Waals surface area contributed by atoms with Crippen molar-refractivity contribution in [2.75, 3.05) is 41.9 Å². The van der Waals surface area contributed by atoms with Gasteiger partial charge in [-0.1, -0.05) is 30.3 Å². The number of ether oxygens (including phenoxy) is 1. The second kappa shape index (κ2) is 10.2. The number of nitrogens with zero attached hydrogens (tertiary/aromatic N) is 6. The van der Waals surface area contributed by atoms with Crippen molar-refractivity contribution in [3.63, 3.8) is 0 Å². The number of nitro groups is 1. The van der Waals surface area contributed by atoms with Gasteiger partial charge in [0, 0.05) is 36.5 Å². The van der Waals surface area contributed by atoms with Gasteiger partial charge in [0.2, 0.25) is 17.8 Å². The second-order valence-electron chi connectivity index (χ2n) is 7.90.